The Morgan fingerprint density at radius 2 is 1.84 bits per heavy atom. The van der Waals surface area contributed by atoms with Gasteiger partial charge in [0.15, 0.2) is 5.78 Å². The van der Waals surface area contributed by atoms with Crippen molar-refractivity contribution in [2.24, 2.45) is 5.73 Å². The SMILES string of the molecule is CC(C)Oc1ccccc1C(=O)CCCCCCN. The molecule has 0 aromatic heterocycles. The number of unbranched alkanes of at least 4 members (excludes halogenated alkanes) is 3. The van der Waals surface area contributed by atoms with Crippen molar-refractivity contribution in [3.8, 4) is 5.75 Å². The van der Waals surface area contributed by atoms with Crippen molar-refractivity contribution in [1.29, 1.82) is 0 Å². The lowest BCUT2D eigenvalue weighted by molar-refractivity contribution is 0.0973. The summed E-state index contributed by atoms with van der Waals surface area (Å²) in [4.78, 5) is 12.2. The predicted molar refractivity (Wildman–Crippen MR) is 78.7 cm³/mol. The van der Waals surface area contributed by atoms with Crippen LogP contribution >= 0.6 is 0 Å². The van der Waals surface area contributed by atoms with Gasteiger partial charge in [-0.1, -0.05) is 25.0 Å². The van der Waals surface area contributed by atoms with Gasteiger partial charge in [0.25, 0.3) is 0 Å². The normalized spacial score (nSPS) is 10.7. The molecule has 0 radical (unpaired) electrons. The van der Waals surface area contributed by atoms with Crippen LogP contribution in [0.15, 0.2) is 24.3 Å². The molecule has 3 nitrogen and oxygen atoms in total. The monoisotopic (exact) mass is 263 g/mol. The van der Waals surface area contributed by atoms with E-state index in [0.29, 0.717) is 17.7 Å². The highest BCUT2D eigenvalue weighted by atomic mass is 16.5. The van der Waals surface area contributed by atoms with Gasteiger partial charge in [0.05, 0.1) is 11.7 Å². The van der Waals surface area contributed by atoms with Crippen molar-refractivity contribution >= 4 is 5.78 Å². The summed E-state index contributed by atoms with van der Waals surface area (Å²) in [6.45, 7) is 4.67. The van der Waals surface area contributed by atoms with E-state index in [0.717, 1.165) is 32.2 Å². The average Bonchev–Trinajstić information content (AvgIpc) is 2.38. The Labute approximate surface area is 116 Å². The molecule has 0 atom stereocenters. The molecule has 0 unspecified atom stereocenters. The topological polar surface area (TPSA) is 52.3 Å². The maximum atomic E-state index is 12.2. The molecule has 0 aliphatic heterocycles. The van der Waals surface area contributed by atoms with E-state index < -0.39 is 0 Å². The quantitative estimate of drug-likeness (QED) is 0.547. The van der Waals surface area contributed by atoms with Crippen molar-refractivity contribution < 1.29 is 9.53 Å². The first-order valence-electron chi connectivity index (χ1n) is 7.14. The van der Waals surface area contributed by atoms with Crippen molar-refractivity contribution in [1.82, 2.24) is 0 Å². The van der Waals surface area contributed by atoms with Gasteiger partial charge in [-0.25, -0.2) is 0 Å². The van der Waals surface area contributed by atoms with Gasteiger partial charge in [-0.2, -0.15) is 0 Å². The molecular weight excluding hydrogens is 238 g/mol. The van der Waals surface area contributed by atoms with Crippen LogP contribution in [0.25, 0.3) is 0 Å². The Morgan fingerprint density at radius 3 is 2.53 bits per heavy atom. The Hall–Kier alpha value is -1.35. The van der Waals surface area contributed by atoms with Crippen LogP contribution in [0.4, 0.5) is 0 Å². The molecule has 0 fully saturated rings. The minimum Gasteiger partial charge on any atom is -0.490 e. The van der Waals surface area contributed by atoms with Gasteiger partial charge in [-0.05, 0) is 45.4 Å². The highest BCUT2D eigenvalue weighted by Crippen LogP contribution is 2.21. The van der Waals surface area contributed by atoms with E-state index >= 15 is 0 Å². The van der Waals surface area contributed by atoms with Crippen molar-refractivity contribution in [3.63, 3.8) is 0 Å². The molecular formula is C16H25NO2. The molecule has 0 bridgehead atoms. The van der Waals surface area contributed by atoms with E-state index in [4.69, 9.17) is 10.5 Å². The third-order valence-corrected chi connectivity index (χ3v) is 2.91. The second-order valence-corrected chi connectivity index (χ2v) is 5.04. The van der Waals surface area contributed by atoms with Crippen LogP contribution in [-0.2, 0) is 0 Å². The fourth-order valence-corrected chi connectivity index (χ4v) is 1.97. The molecule has 1 aromatic carbocycles. The molecule has 106 valence electrons. The summed E-state index contributed by atoms with van der Waals surface area (Å²) in [6.07, 6.45) is 4.81. The summed E-state index contributed by atoms with van der Waals surface area (Å²) in [6, 6.07) is 7.49. The zero-order valence-electron chi connectivity index (χ0n) is 12.0. The summed E-state index contributed by atoms with van der Waals surface area (Å²) in [5, 5.41) is 0. The number of nitrogens with two attached hydrogens (primary N) is 1. The Bertz CT molecular complexity index is 388. The number of Topliss-reactive ketones (excluding diaryl/α,β-unsaturated/α-hetero) is 1. The van der Waals surface area contributed by atoms with Crippen molar-refractivity contribution in [2.75, 3.05) is 6.54 Å². The first-order chi connectivity index (χ1) is 9.15. The third-order valence-electron chi connectivity index (χ3n) is 2.91. The largest absolute Gasteiger partial charge is 0.490 e. The Kier molecular flexibility index (Phi) is 7.19. The number of para-hydroxylation sites is 1. The van der Waals surface area contributed by atoms with E-state index in [9.17, 15) is 4.79 Å². The number of ether oxygens (including phenoxy) is 1. The van der Waals surface area contributed by atoms with Gasteiger partial charge in [0.1, 0.15) is 5.75 Å². The van der Waals surface area contributed by atoms with Crippen LogP contribution < -0.4 is 10.5 Å². The Balaban J connectivity index is 2.51. The molecule has 3 heteroatoms. The fraction of sp³-hybridized carbons (Fsp3) is 0.562. The predicted octanol–water partition coefficient (Wildman–Crippen LogP) is 3.57. The van der Waals surface area contributed by atoms with Crippen LogP contribution in [0.3, 0.4) is 0 Å². The molecule has 0 heterocycles. The number of benzene rings is 1. The van der Waals surface area contributed by atoms with E-state index in [1.807, 2.05) is 38.1 Å². The first kappa shape index (κ1) is 15.7. The number of carbonyl (C=O) groups excluding carboxylic acids is 1. The van der Waals surface area contributed by atoms with Gasteiger partial charge in [0, 0.05) is 6.42 Å². The number of rotatable bonds is 9. The molecule has 0 saturated heterocycles. The van der Waals surface area contributed by atoms with E-state index in [1.54, 1.807) is 0 Å². The summed E-state index contributed by atoms with van der Waals surface area (Å²) >= 11 is 0. The summed E-state index contributed by atoms with van der Waals surface area (Å²) in [7, 11) is 0. The van der Waals surface area contributed by atoms with Crippen LogP contribution in [-0.4, -0.2) is 18.4 Å². The third kappa shape index (κ3) is 5.88. The van der Waals surface area contributed by atoms with Crippen LogP contribution in [0.5, 0.6) is 5.75 Å². The standard InChI is InChI=1S/C16H25NO2/c1-13(2)19-16-11-7-6-9-14(16)15(18)10-5-3-4-8-12-17/h6-7,9,11,13H,3-5,8,10,12,17H2,1-2H3. The minimum atomic E-state index is 0.0819. The van der Waals surface area contributed by atoms with Crippen molar-refractivity contribution in [2.45, 2.75) is 52.1 Å². The molecule has 19 heavy (non-hydrogen) atoms. The van der Waals surface area contributed by atoms with Gasteiger partial charge in [0.2, 0.25) is 0 Å². The molecule has 1 rings (SSSR count). The molecule has 0 aliphatic rings. The van der Waals surface area contributed by atoms with E-state index in [1.165, 1.54) is 0 Å². The second kappa shape index (κ2) is 8.70. The highest BCUT2D eigenvalue weighted by Gasteiger charge is 2.12. The van der Waals surface area contributed by atoms with E-state index in [2.05, 4.69) is 0 Å². The number of hydrogen-bond acceptors (Lipinski definition) is 3. The van der Waals surface area contributed by atoms with Crippen LogP contribution in [0, 0.1) is 0 Å². The van der Waals surface area contributed by atoms with Crippen LogP contribution in [0.2, 0.25) is 0 Å². The molecule has 1 aromatic rings. The number of carbonyl (C=O) groups is 1. The zero-order valence-corrected chi connectivity index (χ0v) is 12.0. The average molecular weight is 263 g/mol. The van der Waals surface area contributed by atoms with Crippen LogP contribution in [0.1, 0.15) is 56.3 Å². The molecule has 0 spiro atoms. The van der Waals surface area contributed by atoms with Gasteiger partial charge in [-0.3, -0.25) is 4.79 Å². The highest BCUT2D eigenvalue weighted by molar-refractivity contribution is 5.98. The lowest BCUT2D eigenvalue weighted by atomic mass is 10.0. The zero-order chi connectivity index (χ0) is 14.1. The maximum Gasteiger partial charge on any atom is 0.166 e. The molecule has 0 saturated carbocycles. The summed E-state index contributed by atoms with van der Waals surface area (Å²) < 4.78 is 5.67. The molecule has 0 amide bonds. The summed E-state index contributed by atoms with van der Waals surface area (Å²) in [5.74, 6) is 0.869. The fourth-order valence-electron chi connectivity index (χ4n) is 1.97. The van der Waals surface area contributed by atoms with Gasteiger partial charge >= 0.3 is 0 Å². The smallest absolute Gasteiger partial charge is 0.166 e. The van der Waals surface area contributed by atoms with Gasteiger partial charge in [-0.15, -0.1) is 0 Å². The Morgan fingerprint density at radius 1 is 1.16 bits per heavy atom. The lowest BCUT2D eigenvalue weighted by Crippen LogP contribution is -2.10. The number of ketones is 1. The minimum absolute atomic E-state index is 0.0819. The lowest BCUT2D eigenvalue weighted by Gasteiger charge is -2.13. The second-order valence-electron chi connectivity index (χ2n) is 5.04. The molecule has 2 N–H and O–H groups in total. The first-order valence-corrected chi connectivity index (χ1v) is 7.14. The number of hydrogen-bond donors (Lipinski definition) is 1. The van der Waals surface area contributed by atoms with Crippen molar-refractivity contribution in [3.05, 3.63) is 29.8 Å². The molecule has 0 aliphatic carbocycles. The summed E-state index contributed by atoms with van der Waals surface area (Å²) in [5.41, 5.74) is 6.15. The van der Waals surface area contributed by atoms with Gasteiger partial charge < -0.3 is 10.5 Å². The maximum absolute atomic E-state index is 12.2. The van der Waals surface area contributed by atoms with E-state index in [-0.39, 0.29) is 11.9 Å².